The van der Waals surface area contributed by atoms with Crippen LogP contribution in [0.2, 0.25) is 0 Å². The SMILES string of the molecule is CCSCC[C@@H]1N[C@@]2(C(=O)Nc3ccccc32)[C@@H]2C(=O)N(c3ccc(C)cc3)C(=O)[C@H]12. The number of imide groups is 1. The van der Waals surface area contributed by atoms with Gasteiger partial charge in [0.25, 0.3) is 0 Å². The van der Waals surface area contributed by atoms with Gasteiger partial charge in [-0.15, -0.1) is 0 Å². The van der Waals surface area contributed by atoms with Crippen molar-refractivity contribution in [3.05, 3.63) is 59.7 Å². The summed E-state index contributed by atoms with van der Waals surface area (Å²) in [5, 5.41) is 6.42. The Labute approximate surface area is 185 Å². The van der Waals surface area contributed by atoms with E-state index in [9.17, 15) is 14.4 Å². The summed E-state index contributed by atoms with van der Waals surface area (Å²) in [4.78, 5) is 42.0. The molecule has 0 unspecified atom stereocenters. The number of hydrogen-bond acceptors (Lipinski definition) is 5. The quantitative estimate of drug-likeness (QED) is 0.558. The number of carbonyl (C=O) groups excluding carboxylic acids is 3. The Balaban J connectivity index is 1.61. The molecule has 160 valence electrons. The Morgan fingerprint density at radius 2 is 1.77 bits per heavy atom. The van der Waals surface area contributed by atoms with Gasteiger partial charge in [0.1, 0.15) is 5.54 Å². The van der Waals surface area contributed by atoms with Crippen LogP contribution in [0.25, 0.3) is 0 Å². The van der Waals surface area contributed by atoms with E-state index >= 15 is 0 Å². The van der Waals surface area contributed by atoms with Gasteiger partial charge in [0.15, 0.2) is 0 Å². The molecule has 2 aromatic carbocycles. The third-order valence-corrected chi connectivity index (χ3v) is 7.62. The van der Waals surface area contributed by atoms with E-state index in [1.54, 1.807) is 23.9 Å². The zero-order valence-electron chi connectivity index (χ0n) is 17.6. The smallest absolute Gasteiger partial charge is 0.250 e. The van der Waals surface area contributed by atoms with Gasteiger partial charge in [-0.3, -0.25) is 19.7 Å². The Bertz CT molecular complexity index is 1070. The monoisotopic (exact) mass is 435 g/mol. The number of fused-ring (bicyclic) bond motifs is 4. The van der Waals surface area contributed by atoms with Crippen LogP contribution in [-0.2, 0) is 19.9 Å². The zero-order valence-corrected chi connectivity index (χ0v) is 18.4. The predicted octanol–water partition coefficient (Wildman–Crippen LogP) is 3.06. The van der Waals surface area contributed by atoms with Crippen LogP contribution in [0.3, 0.4) is 0 Å². The molecule has 3 heterocycles. The van der Waals surface area contributed by atoms with E-state index in [0.717, 1.165) is 29.1 Å². The second kappa shape index (κ2) is 7.50. The van der Waals surface area contributed by atoms with Crippen molar-refractivity contribution >= 4 is 40.9 Å². The Hall–Kier alpha value is -2.64. The minimum absolute atomic E-state index is 0.216. The van der Waals surface area contributed by atoms with Gasteiger partial charge in [-0.1, -0.05) is 42.8 Å². The fourth-order valence-corrected chi connectivity index (χ4v) is 6.02. The average molecular weight is 436 g/mol. The lowest BCUT2D eigenvalue weighted by Gasteiger charge is -2.29. The summed E-state index contributed by atoms with van der Waals surface area (Å²) in [6.45, 7) is 4.06. The first kappa shape index (κ1) is 20.3. The maximum atomic E-state index is 13.8. The number of rotatable bonds is 5. The van der Waals surface area contributed by atoms with Gasteiger partial charge in [-0.25, -0.2) is 4.90 Å². The van der Waals surface area contributed by atoms with Crippen LogP contribution in [0.1, 0.15) is 24.5 Å². The van der Waals surface area contributed by atoms with Crippen LogP contribution >= 0.6 is 11.8 Å². The second-order valence-corrected chi connectivity index (χ2v) is 9.79. The van der Waals surface area contributed by atoms with Gasteiger partial charge in [0, 0.05) is 17.3 Å². The van der Waals surface area contributed by atoms with E-state index in [1.807, 2.05) is 43.3 Å². The Kier molecular flexibility index (Phi) is 4.90. The van der Waals surface area contributed by atoms with Gasteiger partial charge in [0.05, 0.1) is 17.5 Å². The number of para-hydroxylation sites is 1. The highest BCUT2D eigenvalue weighted by Crippen LogP contribution is 2.53. The van der Waals surface area contributed by atoms with Crippen molar-refractivity contribution in [3.8, 4) is 0 Å². The van der Waals surface area contributed by atoms with Crippen LogP contribution in [0.5, 0.6) is 0 Å². The molecule has 31 heavy (non-hydrogen) atoms. The highest BCUT2D eigenvalue weighted by molar-refractivity contribution is 7.99. The number of thioether (sulfide) groups is 1. The molecule has 0 saturated carbocycles. The van der Waals surface area contributed by atoms with E-state index in [2.05, 4.69) is 17.6 Å². The standard InChI is InChI=1S/C24H25N3O3S/c1-3-31-13-12-18-19-20(22(29)27(21(19)28)15-10-8-14(2)9-11-15)24(26-18)16-6-4-5-7-17(16)25-23(24)30/h4-11,18-20,26H,3,12-13H2,1-2H3,(H,25,30)/t18-,19+,20-,24+/m0/s1. The molecule has 2 saturated heterocycles. The molecule has 0 bridgehead atoms. The number of anilines is 2. The van der Waals surface area contributed by atoms with Gasteiger partial charge >= 0.3 is 0 Å². The van der Waals surface area contributed by atoms with Crippen molar-refractivity contribution < 1.29 is 14.4 Å². The first-order valence-corrected chi connectivity index (χ1v) is 11.9. The molecule has 6 nitrogen and oxygen atoms in total. The van der Waals surface area contributed by atoms with Crippen LogP contribution in [0.4, 0.5) is 11.4 Å². The maximum Gasteiger partial charge on any atom is 0.250 e. The molecular weight excluding hydrogens is 410 g/mol. The van der Waals surface area contributed by atoms with Gasteiger partial charge in [-0.2, -0.15) is 11.8 Å². The number of nitrogens with zero attached hydrogens (tertiary/aromatic N) is 1. The average Bonchev–Trinajstić information content (AvgIpc) is 3.34. The summed E-state index contributed by atoms with van der Waals surface area (Å²) in [7, 11) is 0. The number of hydrogen-bond donors (Lipinski definition) is 2. The van der Waals surface area contributed by atoms with Crippen LogP contribution < -0.4 is 15.5 Å². The summed E-state index contributed by atoms with van der Waals surface area (Å²) in [6.07, 6.45) is 0.720. The molecule has 1 spiro atoms. The molecular formula is C24H25N3O3S. The number of amides is 3. The number of nitrogens with one attached hydrogen (secondary N) is 2. The molecule has 2 N–H and O–H groups in total. The zero-order chi connectivity index (χ0) is 21.8. The maximum absolute atomic E-state index is 13.8. The summed E-state index contributed by atoms with van der Waals surface area (Å²) >= 11 is 1.80. The second-order valence-electron chi connectivity index (χ2n) is 8.40. The third kappa shape index (κ3) is 2.87. The lowest BCUT2D eigenvalue weighted by atomic mass is 9.76. The van der Waals surface area contributed by atoms with Crippen molar-refractivity contribution in [1.82, 2.24) is 5.32 Å². The molecule has 5 rings (SSSR count). The fraction of sp³-hybridized carbons (Fsp3) is 0.375. The van der Waals surface area contributed by atoms with Crippen LogP contribution in [0, 0.1) is 18.8 Å². The topological polar surface area (TPSA) is 78.5 Å². The summed E-state index contributed by atoms with van der Waals surface area (Å²) < 4.78 is 0. The number of aryl methyl sites for hydroxylation is 1. The minimum Gasteiger partial charge on any atom is -0.324 e. The summed E-state index contributed by atoms with van der Waals surface area (Å²) in [6, 6.07) is 14.6. The molecule has 0 aliphatic carbocycles. The summed E-state index contributed by atoms with van der Waals surface area (Å²) in [5.41, 5.74) is 1.87. The van der Waals surface area contributed by atoms with Gasteiger partial charge < -0.3 is 5.32 Å². The van der Waals surface area contributed by atoms with Crippen LogP contribution in [0.15, 0.2) is 48.5 Å². The first-order chi connectivity index (χ1) is 15.0. The van der Waals surface area contributed by atoms with E-state index in [4.69, 9.17) is 0 Å². The summed E-state index contributed by atoms with van der Waals surface area (Å²) in [5.74, 6) is -0.248. The minimum atomic E-state index is -1.21. The normalized spacial score (nSPS) is 28.9. The predicted molar refractivity (Wildman–Crippen MR) is 122 cm³/mol. The highest BCUT2D eigenvalue weighted by Gasteiger charge is 2.70. The van der Waals surface area contributed by atoms with E-state index in [0.29, 0.717) is 11.4 Å². The molecule has 3 amide bonds. The van der Waals surface area contributed by atoms with Gasteiger partial charge in [-0.05, 0) is 43.0 Å². The van der Waals surface area contributed by atoms with Crippen molar-refractivity contribution in [2.24, 2.45) is 11.8 Å². The first-order valence-electron chi connectivity index (χ1n) is 10.7. The molecule has 4 atom stereocenters. The van der Waals surface area contributed by atoms with E-state index in [-0.39, 0.29) is 23.8 Å². The molecule has 0 radical (unpaired) electrons. The molecule has 0 aromatic heterocycles. The molecule has 2 fully saturated rings. The molecule has 3 aliphatic heterocycles. The van der Waals surface area contributed by atoms with E-state index in [1.165, 1.54) is 4.90 Å². The van der Waals surface area contributed by atoms with Crippen molar-refractivity contribution in [2.45, 2.75) is 31.8 Å². The van der Waals surface area contributed by atoms with Crippen LogP contribution in [-0.4, -0.2) is 35.3 Å². The lowest BCUT2D eigenvalue weighted by molar-refractivity contribution is -0.130. The van der Waals surface area contributed by atoms with Crippen molar-refractivity contribution in [2.75, 3.05) is 21.7 Å². The largest absolute Gasteiger partial charge is 0.324 e. The number of carbonyl (C=O) groups is 3. The number of benzene rings is 2. The lowest BCUT2D eigenvalue weighted by Crippen LogP contribution is -2.53. The van der Waals surface area contributed by atoms with Crippen molar-refractivity contribution in [1.29, 1.82) is 0 Å². The third-order valence-electron chi connectivity index (χ3n) is 6.69. The molecule has 7 heteroatoms. The molecule has 2 aromatic rings. The van der Waals surface area contributed by atoms with Crippen molar-refractivity contribution in [3.63, 3.8) is 0 Å². The Morgan fingerprint density at radius 1 is 1.03 bits per heavy atom. The van der Waals surface area contributed by atoms with E-state index < -0.39 is 17.4 Å². The van der Waals surface area contributed by atoms with Gasteiger partial charge in [0.2, 0.25) is 17.7 Å². The fourth-order valence-electron chi connectivity index (χ4n) is 5.31. The highest BCUT2D eigenvalue weighted by atomic mass is 32.2. The Morgan fingerprint density at radius 3 is 2.52 bits per heavy atom. The molecule has 3 aliphatic rings.